The highest BCUT2D eigenvalue weighted by Crippen LogP contribution is 2.43. The zero-order valence-electron chi connectivity index (χ0n) is 19.3. The largest absolute Gasteiger partial charge is 0.465 e. The number of hydrogen-bond acceptors (Lipinski definition) is 6. The van der Waals surface area contributed by atoms with Crippen LogP contribution in [0.25, 0.3) is 21.5 Å². The first-order chi connectivity index (χ1) is 15.8. The fourth-order valence-electron chi connectivity index (χ4n) is 4.53. The summed E-state index contributed by atoms with van der Waals surface area (Å²) < 4.78 is 10.5. The lowest BCUT2D eigenvalue weighted by atomic mass is 9.71. The molecule has 0 saturated carbocycles. The Balaban J connectivity index is 2.46. The second-order valence-electron chi connectivity index (χ2n) is 7.94. The molecule has 0 N–H and O–H groups in total. The van der Waals surface area contributed by atoms with Gasteiger partial charge >= 0.3 is 11.9 Å². The van der Waals surface area contributed by atoms with Gasteiger partial charge in [0.15, 0.2) is 0 Å². The third-order valence-electron chi connectivity index (χ3n) is 5.82. The number of hydrogen-bond donors (Lipinski definition) is 0. The van der Waals surface area contributed by atoms with E-state index in [4.69, 9.17) is 9.47 Å². The molecule has 1 unspecified atom stereocenters. The van der Waals surface area contributed by atoms with Crippen molar-refractivity contribution in [3.8, 4) is 0 Å². The Morgan fingerprint density at radius 2 is 1.09 bits per heavy atom. The standard InChI is InChI=1S/C27H28O6/c1-5-32-26(30)22(16(3)28)25(23(17(4)29)27(31)33-6-2)24-20-13-9-7-11-18(20)15-19-12-8-10-14-21(19)24/h7-15,22-23,25H,5-6H2,1-4H3/t22-,23+,25?. The van der Waals surface area contributed by atoms with Gasteiger partial charge in [-0.2, -0.15) is 0 Å². The molecule has 0 spiro atoms. The van der Waals surface area contributed by atoms with Crippen molar-refractivity contribution in [2.45, 2.75) is 33.6 Å². The van der Waals surface area contributed by atoms with Gasteiger partial charge in [0.25, 0.3) is 0 Å². The van der Waals surface area contributed by atoms with Crippen molar-refractivity contribution in [2.24, 2.45) is 11.8 Å². The topological polar surface area (TPSA) is 86.7 Å². The monoisotopic (exact) mass is 448 g/mol. The molecule has 3 rings (SSSR count). The molecule has 6 heteroatoms. The van der Waals surface area contributed by atoms with E-state index in [0.717, 1.165) is 21.5 Å². The summed E-state index contributed by atoms with van der Waals surface area (Å²) in [4.78, 5) is 51.9. The van der Waals surface area contributed by atoms with E-state index in [-0.39, 0.29) is 13.2 Å². The number of Topliss-reactive ketones (excluding diaryl/α,β-unsaturated/α-hetero) is 2. The predicted octanol–water partition coefficient (Wildman–Crippen LogP) is 4.61. The van der Waals surface area contributed by atoms with E-state index in [0.29, 0.717) is 5.56 Å². The molecule has 6 nitrogen and oxygen atoms in total. The molecule has 0 aromatic heterocycles. The highest BCUT2D eigenvalue weighted by molar-refractivity contribution is 6.09. The quantitative estimate of drug-likeness (QED) is 0.270. The lowest BCUT2D eigenvalue weighted by molar-refractivity contribution is -0.157. The first-order valence-electron chi connectivity index (χ1n) is 11.1. The average Bonchev–Trinajstić information content (AvgIpc) is 2.77. The lowest BCUT2D eigenvalue weighted by Crippen LogP contribution is -2.40. The SMILES string of the molecule is CCOC(=O)[C@@H](C(C)=O)C(c1c2ccccc2cc2ccccc12)[C@@H](C(C)=O)C(=O)OCC. The second kappa shape index (κ2) is 10.4. The molecule has 0 fully saturated rings. The Morgan fingerprint density at radius 3 is 1.45 bits per heavy atom. The smallest absolute Gasteiger partial charge is 0.317 e. The molecule has 3 aromatic rings. The molecule has 0 saturated heterocycles. The number of fused-ring (bicyclic) bond motifs is 2. The molecule has 0 bridgehead atoms. The normalized spacial score (nSPS) is 13.8. The number of ether oxygens (including phenoxy) is 2. The van der Waals surface area contributed by atoms with Crippen LogP contribution >= 0.6 is 0 Å². The van der Waals surface area contributed by atoms with Gasteiger partial charge in [-0.15, -0.1) is 0 Å². The third kappa shape index (κ3) is 4.80. The molecule has 0 aliphatic heterocycles. The van der Waals surface area contributed by atoms with Crippen molar-refractivity contribution in [3.63, 3.8) is 0 Å². The first-order valence-corrected chi connectivity index (χ1v) is 11.1. The number of rotatable bonds is 9. The van der Waals surface area contributed by atoms with Crippen LogP contribution in [0.5, 0.6) is 0 Å². The van der Waals surface area contributed by atoms with Gasteiger partial charge in [0, 0.05) is 5.92 Å². The van der Waals surface area contributed by atoms with E-state index >= 15 is 0 Å². The van der Waals surface area contributed by atoms with Gasteiger partial charge in [0.1, 0.15) is 23.4 Å². The molecule has 0 heterocycles. The fraction of sp³-hybridized carbons (Fsp3) is 0.333. The van der Waals surface area contributed by atoms with Crippen LogP contribution in [0.15, 0.2) is 54.6 Å². The van der Waals surface area contributed by atoms with Crippen LogP contribution in [0, 0.1) is 11.8 Å². The van der Waals surface area contributed by atoms with Crippen LogP contribution < -0.4 is 0 Å². The van der Waals surface area contributed by atoms with Crippen molar-refractivity contribution < 1.29 is 28.7 Å². The second-order valence-corrected chi connectivity index (χ2v) is 7.94. The summed E-state index contributed by atoms with van der Waals surface area (Å²) in [5.74, 6) is -6.27. The van der Waals surface area contributed by atoms with Gasteiger partial charge in [0.2, 0.25) is 0 Å². The summed E-state index contributed by atoms with van der Waals surface area (Å²) in [6.45, 7) is 5.98. The summed E-state index contributed by atoms with van der Waals surface area (Å²) in [7, 11) is 0. The fourth-order valence-corrected chi connectivity index (χ4v) is 4.53. The van der Waals surface area contributed by atoms with E-state index in [2.05, 4.69) is 0 Å². The van der Waals surface area contributed by atoms with Gasteiger partial charge in [-0.05, 0) is 60.9 Å². The molecule has 3 atom stereocenters. The molecular weight excluding hydrogens is 420 g/mol. The van der Waals surface area contributed by atoms with Gasteiger partial charge in [-0.25, -0.2) is 0 Å². The maximum absolute atomic E-state index is 13.1. The number of esters is 2. The third-order valence-corrected chi connectivity index (χ3v) is 5.82. The number of carbonyl (C=O) groups is 4. The van der Waals surface area contributed by atoms with Crippen LogP contribution in [0.3, 0.4) is 0 Å². The van der Waals surface area contributed by atoms with Crippen LogP contribution in [0.4, 0.5) is 0 Å². The maximum atomic E-state index is 13.1. The predicted molar refractivity (Wildman–Crippen MR) is 126 cm³/mol. The minimum absolute atomic E-state index is 0.0652. The molecule has 0 radical (unpaired) electrons. The Morgan fingerprint density at radius 1 is 0.697 bits per heavy atom. The molecule has 0 aliphatic rings. The molecule has 33 heavy (non-hydrogen) atoms. The Hall–Kier alpha value is -3.54. The van der Waals surface area contributed by atoms with Gasteiger partial charge in [0.05, 0.1) is 13.2 Å². The Labute approximate surface area is 192 Å². The molecule has 0 amide bonds. The van der Waals surface area contributed by atoms with E-state index in [1.165, 1.54) is 13.8 Å². The Kier molecular flexibility index (Phi) is 7.59. The highest BCUT2D eigenvalue weighted by Gasteiger charge is 2.46. The minimum atomic E-state index is -1.35. The zero-order chi connectivity index (χ0) is 24.1. The number of ketones is 2. The van der Waals surface area contributed by atoms with Crippen molar-refractivity contribution in [1.29, 1.82) is 0 Å². The van der Waals surface area contributed by atoms with Crippen LogP contribution in [-0.4, -0.2) is 36.7 Å². The van der Waals surface area contributed by atoms with Crippen molar-refractivity contribution in [2.75, 3.05) is 13.2 Å². The minimum Gasteiger partial charge on any atom is -0.465 e. The summed E-state index contributed by atoms with van der Waals surface area (Å²) in [6, 6.07) is 17.0. The van der Waals surface area contributed by atoms with Crippen LogP contribution in [0.1, 0.15) is 39.2 Å². The van der Waals surface area contributed by atoms with Crippen molar-refractivity contribution >= 4 is 45.0 Å². The van der Waals surface area contributed by atoms with Gasteiger partial charge < -0.3 is 9.47 Å². The van der Waals surface area contributed by atoms with E-state index in [9.17, 15) is 19.2 Å². The van der Waals surface area contributed by atoms with Gasteiger partial charge in [-0.1, -0.05) is 48.5 Å². The van der Waals surface area contributed by atoms with E-state index < -0.39 is 41.3 Å². The summed E-state index contributed by atoms with van der Waals surface area (Å²) in [6.07, 6.45) is 0. The molecule has 3 aromatic carbocycles. The lowest BCUT2D eigenvalue weighted by Gasteiger charge is -2.31. The first kappa shape index (κ1) is 24.1. The van der Waals surface area contributed by atoms with Crippen LogP contribution in [-0.2, 0) is 28.7 Å². The van der Waals surface area contributed by atoms with E-state index in [1.807, 2.05) is 54.6 Å². The average molecular weight is 449 g/mol. The molecular formula is C27H28O6. The summed E-state index contributed by atoms with van der Waals surface area (Å²) in [5, 5.41) is 3.25. The van der Waals surface area contributed by atoms with Crippen molar-refractivity contribution in [1.82, 2.24) is 0 Å². The maximum Gasteiger partial charge on any atom is 0.317 e. The highest BCUT2D eigenvalue weighted by atomic mass is 16.5. The van der Waals surface area contributed by atoms with Crippen molar-refractivity contribution in [3.05, 3.63) is 60.2 Å². The zero-order valence-corrected chi connectivity index (χ0v) is 19.3. The van der Waals surface area contributed by atoms with E-state index in [1.54, 1.807) is 13.8 Å². The number of benzene rings is 3. The Bertz CT molecular complexity index is 1120. The van der Waals surface area contributed by atoms with Gasteiger partial charge in [-0.3, -0.25) is 19.2 Å². The summed E-state index contributed by atoms with van der Waals surface area (Å²) in [5.41, 5.74) is 0.588. The molecule has 172 valence electrons. The van der Waals surface area contributed by atoms with Crippen LogP contribution in [0.2, 0.25) is 0 Å². The summed E-state index contributed by atoms with van der Waals surface area (Å²) >= 11 is 0. The number of carbonyl (C=O) groups excluding carboxylic acids is 4. The molecule has 0 aliphatic carbocycles.